The highest BCUT2D eigenvalue weighted by molar-refractivity contribution is 9.10. The van der Waals surface area contributed by atoms with Crippen LogP contribution in [0.5, 0.6) is 0 Å². The number of carbonyl (C=O) groups is 1. The Morgan fingerprint density at radius 2 is 1.77 bits per heavy atom. The lowest BCUT2D eigenvalue weighted by atomic mass is 10.2. The average Bonchev–Trinajstić information content (AvgIpc) is 3.19. The van der Waals surface area contributed by atoms with Gasteiger partial charge in [-0.15, -0.1) is 0 Å². The highest BCUT2D eigenvalue weighted by Gasteiger charge is 2.29. The van der Waals surface area contributed by atoms with Crippen molar-refractivity contribution < 1.29 is 13.2 Å². The number of benzene rings is 2. The number of rotatable bonds is 5. The third kappa shape index (κ3) is 3.70. The number of hydrogen-bond donors (Lipinski definition) is 0. The van der Waals surface area contributed by atoms with Crippen molar-refractivity contribution in [1.82, 2.24) is 4.31 Å². The molecule has 0 unspecified atom stereocenters. The van der Waals surface area contributed by atoms with Crippen LogP contribution in [0.4, 0.5) is 5.69 Å². The Bertz CT molecular complexity index is 894. The summed E-state index contributed by atoms with van der Waals surface area (Å²) in [6.07, 6.45) is 1.75. The summed E-state index contributed by atoms with van der Waals surface area (Å²) in [6, 6.07) is 14.0. The molecule has 2 aromatic carbocycles. The van der Waals surface area contributed by atoms with E-state index in [0.717, 1.165) is 18.5 Å². The van der Waals surface area contributed by atoms with Gasteiger partial charge in [0, 0.05) is 29.8 Å². The lowest BCUT2D eigenvalue weighted by Crippen LogP contribution is -2.31. The van der Waals surface area contributed by atoms with Gasteiger partial charge < -0.3 is 4.90 Å². The molecule has 0 aliphatic carbocycles. The Balaban J connectivity index is 1.98. The van der Waals surface area contributed by atoms with Crippen LogP contribution in [0.15, 0.2) is 57.9 Å². The normalized spacial score (nSPS) is 15.2. The number of para-hydroxylation sites is 1. The van der Waals surface area contributed by atoms with E-state index < -0.39 is 10.0 Å². The maximum absolute atomic E-state index is 13.1. The summed E-state index contributed by atoms with van der Waals surface area (Å²) in [6.45, 7) is 3.45. The van der Waals surface area contributed by atoms with E-state index in [9.17, 15) is 13.2 Å². The Hall–Kier alpha value is -1.70. The number of anilines is 1. The van der Waals surface area contributed by atoms with Crippen molar-refractivity contribution in [2.24, 2.45) is 0 Å². The molecule has 0 atom stereocenters. The molecule has 26 heavy (non-hydrogen) atoms. The first-order valence-electron chi connectivity index (χ1n) is 8.61. The Kier molecular flexibility index (Phi) is 5.79. The van der Waals surface area contributed by atoms with Crippen molar-refractivity contribution in [2.75, 3.05) is 24.5 Å². The van der Waals surface area contributed by atoms with E-state index in [-0.39, 0.29) is 10.8 Å². The van der Waals surface area contributed by atoms with Crippen LogP contribution < -0.4 is 4.90 Å². The van der Waals surface area contributed by atoms with E-state index in [1.807, 2.05) is 37.3 Å². The van der Waals surface area contributed by atoms with Gasteiger partial charge in [0.1, 0.15) is 0 Å². The smallest absolute Gasteiger partial charge is 0.259 e. The van der Waals surface area contributed by atoms with Crippen molar-refractivity contribution in [3.05, 3.63) is 58.6 Å². The lowest BCUT2D eigenvalue weighted by molar-refractivity contribution is 0.0987. The number of halogens is 1. The van der Waals surface area contributed by atoms with Gasteiger partial charge in [0.2, 0.25) is 10.0 Å². The molecule has 1 heterocycles. The highest BCUT2D eigenvalue weighted by Crippen LogP contribution is 2.27. The first-order valence-corrected chi connectivity index (χ1v) is 10.8. The molecule has 3 rings (SSSR count). The quantitative estimate of drug-likeness (QED) is 0.713. The van der Waals surface area contributed by atoms with Crippen LogP contribution in [0.3, 0.4) is 0 Å². The number of nitrogens with zero attached hydrogens (tertiary/aromatic N) is 2. The van der Waals surface area contributed by atoms with Gasteiger partial charge in [0.15, 0.2) is 0 Å². The number of carbonyl (C=O) groups excluding carboxylic acids is 1. The van der Waals surface area contributed by atoms with Crippen LogP contribution in [0.25, 0.3) is 0 Å². The van der Waals surface area contributed by atoms with E-state index in [4.69, 9.17) is 0 Å². The van der Waals surface area contributed by atoms with Gasteiger partial charge in [0.05, 0.1) is 10.5 Å². The minimum Gasteiger partial charge on any atom is -0.309 e. The second-order valence-electron chi connectivity index (χ2n) is 6.14. The first kappa shape index (κ1) is 19.1. The zero-order chi connectivity index (χ0) is 18.7. The minimum atomic E-state index is -3.57. The Labute approximate surface area is 162 Å². The van der Waals surface area contributed by atoms with Gasteiger partial charge in [-0.2, -0.15) is 4.31 Å². The second kappa shape index (κ2) is 7.90. The molecular formula is C19H21BrN2O3S. The Morgan fingerprint density at radius 3 is 2.38 bits per heavy atom. The monoisotopic (exact) mass is 436 g/mol. The van der Waals surface area contributed by atoms with Gasteiger partial charge in [-0.1, -0.05) is 18.2 Å². The highest BCUT2D eigenvalue weighted by atomic mass is 79.9. The molecule has 7 heteroatoms. The van der Waals surface area contributed by atoms with Gasteiger partial charge >= 0.3 is 0 Å². The number of amides is 1. The molecule has 2 aromatic rings. The van der Waals surface area contributed by atoms with Crippen LogP contribution in [-0.4, -0.2) is 38.3 Å². The topological polar surface area (TPSA) is 57.7 Å². The molecule has 0 N–H and O–H groups in total. The van der Waals surface area contributed by atoms with E-state index in [1.165, 1.54) is 10.4 Å². The maximum Gasteiger partial charge on any atom is 0.259 e. The van der Waals surface area contributed by atoms with Crippen LogP contribution in [-0.2, 0) is 10.0 Å². The fourth-order valence-corrected chi connectivity index (χ4v) is 5.06. The van der Waals surface area contributed by atoms with E-state index in [2.05, 4.69) is 15.9 Å². The first-order chi connectivity index (χ1) is 12.4. The van der Waals surface area contributed by atoms with Crippen molar-refractivity contribution in [1.29, 1.82) is 0 Å². The molecule has 0 saturated carbocycles. The summed E-state index contributed by atoms with van der Waals surface area (Å²) in [5.74, 6) is -0.232. The van der Waals surface area contributed by atoms with Crippen LogP contribution in [0.1, 0.15) is 30.1 Å². The lowest BCUT2D eigenvalue weighted by Gasteiger charge is -2.22. The molecule has 0 radical (unpaired) electrons. The molecule has 0 bridgehead atoms. The standard InChI is InChI=1S/C19H21BrN2O3S/c1-2-22(15-8-4-3-5-9-15)19(23)17-14-16(10-11-18(17)20)26(24,25)21-12-6-7-13-21/h3-5,8-11,14H,2,6-7,12-13H2,1H3. The van der Waals surface area contributed by atoms with Crippen molar-refractivity contribution in [3.63, 3.8) is 0 Å². The summed E-state index contributed by atoms with van der Waals surface area (Å²) in [5, 5.41) is 0. The van der Waals surface area contributed by atoms with E-state index in [0.29, 0.717) is 29.7 Å². The average molecular weight is 437 g/mol. The molecule has 1 fully saturated rings. The molecule has 1 aliphatic rings. The SMILES string of the molecule is CCN(C(=O)c1cc(S(=O)(=O)N2CCCC2)ccc1Br)c1ccccc1. The third-order valence-electron chi connectivity index (χ3n) is 4.50. The van der Waals surface area contributed by atoms with Crippen molar-refractivity contribution in [3.8, 4) is 0 Å². The fraction of sp³-hybridized carbons (Fsp3) is 0.316. The summed E-state index contributed by atoms with van der Waals surface area (Å²) in [5.41, 5.74) is 1.12. The number of hydrogen-bond acceptors (Lipinski definition) is 3. The van der Waals surface area contributed by atoms with Gasteiger partial charge in [-0.3, -0.25) is 4.79 Å². The minimum absolute atomic E-state index is 0.162. The van der Waals surface area contributed by atoms with Gasteiger partial charge in [-0.25, -0.2) is 8.42 Å². The molecule has 1 amide bonds. The zero-order valence-corrected chi connectivity index (χ0v) is 17.0. The largest absolute Gasteiger partial charge is 0.309 e. The van der Waals surface area contributed by atoms with Crippen molar-refractivity contribution in [2.45, 2.75) is 24.7 Å². The zero-order valence-electron chi connectivity index (χ0n) is 14.6. The van der Waals surface area contributed by atoms with Gasteiger partial charge in [-0.05, 0) is 66.0 Å². The summed E-state index contributed by atoms with van der Waals surface area (Å²) < 4.78 is 27.7. The molecule has 0 aromatic heterocycles. The molecule has 5 nitrogen and oxygen atoms in total. The van der Waals surface area contributed by atoms with Crippen LogP contribution in [0, 0.1) is 0 Å². The Morgan fingerprint density at radius 1 is 1.12 bits per heavy atom. The second-order valence-corrected chi connectivity index (χ2v) is 8.93. The third-order valence-corrected chi connectivity index (χ3v) is 7.09. The summed E-state index contributed by atoms with van der Waals surface area (Å²) >= 11 is 3.40. The summed E-state index contributed by atoms with van der Waals surface area (Å²) in [7, 11) is -3.57. The van der Waals surface area contributed by atoms with E-state index in [1.54, 1.807) is 17.0 Å². The predicted molar refractivity (Wildman–Crippen MR) is 106 cm³/mol. The molecule has 1 saturated heterocycles. The van der Waals surface area contributed by atoms with E-state index >= 15 is 0 Å². The molecule has 138 valence electrons. The van der Waals surface area contributed by atoms with Gasteiger partial charge in [0.25, 0.3) is 5.91 Å². The van der Waals surface area contributed by atoms with Crippen LogP contribution >= 0.6 is 15.9 Å². The van der Waals surface area contributed by atoms with Crippen LogP contribution in [0.2, 0.25) is 0 Å². The molecule has 0 spiro atoms. The number of sulfonamides is 1. The molecular weight excluding hydrogens is 416 g/mol. The summed E-state index contributed by atoms with van der Waals surface area (Å²) in [4.78, 5) is 14.9. The fourth-order valence-electron chi connectivity index (χ4n) is 3.10. The molecule has 1 aliphatic heterocycles. The maximum atomic E-state index is 13.1. The van der Waals surface area contributed by atoms with Crippen molar-refractivity contribution >= 4 is 37.5 Å². The predicted octanol–water partition coefficient (Wildman–Crippen LogP) is 3.90.